The molecule has 0 amide bonds. The third-order valence-corrected chi connectivity index (χ3v) is 4.41. The summed E-state index contributed by atoms with van der Waals surface area (Å²) in [6.45, 7) is 6.13. The number of terminal acetylenes is 1. The fourth-order valence-electron chi connectivity index (χ4n) is 2.75. The van der Waals surface area contributed by atoms with Crippen LogP contribution in [0.5, 0.6) is 0 Å². The van der Waals surface area contributed by atoms with Crippen molar-refractivity contribution < 1.29 is 9.53 Å². The number of carbonyl (C=O) groups is 1. The highest BCUT2D eigenvalue weighted by Gasteiger charge is 2.52. The first kappa shape index (κ1) is 14.9. The van der Waals surface area contributed by atoms with Gasteiger partial charge in [0.1, 0.15) is 0 Å². The van der Waals surface area contributed by atoms with E-state index >= 15 is 0 Å². The predicted molar refractivity (Wildman–Crippen MR) is 80.8 cm³/mol. The second kappa shape index (κ2) is 5.87. The highest BCUT2D eigenvalue weighted by atomic mass is 16.5. The summed E-state index contributed by atoms with van der Waals surface area (Å²) in [5.74, 6) is 3.00. The van der Waals surface area contributed by atoms with Crippen LogP contribution in [0.25, 0.3) is 0 Å². The van der Waals surface area contributed by atoms with Gasteiger partial charge in [0.2, 0.25) is 0 Å². The molecule has 0 spiro atoms. The Morgan fingerprint density at radius 1 is 1.50 bits per heavy atom. The maximum absolute atomic E-state index is 12.0. The van der Waals surface area contributed by atoms with Gasteiger partial charge in [-0.05, 0) is 49.5 Å². The summed E-state index contributed by atoms with van der Waals surface area (Å²) in [7, 11) is 0. The van der Waals surface area contributed by atoms with Crippen molar-refractivity contribution in [1.29, 1.82) is 0 Å². The van der Waals surface area contributed by atoms with Gasteiger partial charge >= 0.3 is 5.97 Å². The highest BCUT2D eigenvalue weighted by molar-refractivity contribution is 5.77. The molecule has 2 nitrogen and oxygen atoms in total. The van der Waals surface area contributed by atoms with Crippen molar-refractivity contribution in [3.05, 3.63) is 23.8 Å². The second-order valence-electron chi connectivity index (χ2n) is 6.68. The first-order chi connectivity index (χ1) is 9.44. The van der Waals surface area contributed by atoms with Crippen molar-refractivity contribution in [2.45, 2.75) is 52.6 Å². The van der Waals surface area contributed by atoms with Gasteiger partial charge in [0.25, 0.3) is 0 Å². The Morgan fingerprint density at radius 2 is 2.20 bits per heavy atom. The molecule has 0 heterocycles. The number of ether oxygens (including phenoxy) is 1. The SMILES string of the molecule is C#CC(OC(=O)C1CC1(C)C)C(C)=CC1CC=CCC1. The van der Waals surface area contributed by atoms with E-state index in [1.54, 1.807) is 0 Å². The third-order valence-electron chi connectivity index (χ3n) is 4.41. The maximum Gasteiger partial charge on any atom is 0.311 e. The lowest BCUT2D eigenvalue weighted by Crippen LogP contribution is -2.21. The molecule has 2 rings (SSSR count). The van der Waals surface area contributed by atoms with Gasteiger partial charge in [0.15, 0.2) is 6.10 Å². The molecule has 0 aromatic carbocycles. The van der Waals surface area contributed by atoms with Crippen LogP contribution in [-0.4, -0.2) is 12.1 Å². The zero-order valence-electron chi connectivity index (χ0n) is 12.7. The summed E-state index contributed by atoms with van der Waals surface area (Å²) in [4.78, 5) is 12.0. The van der Waals surface area contributed by atoms with Gasteiger partial charge in [-0.1, -0.05) is 38.0 Å². The van der Waals surface area contributed by atoms with E-state index in [0.717, 1.165) is 31.3 Å². The number of allylic oxidation sites excluding steroid dienone is 3. The summed E-state index contributed by atoms with van der Waals surface area (Å²) in [5, 5.41) is 0. The van der Waals surface area contributed by atoms with Crippen LogP contribution < -0.4 is 0 Å². The van der Waals surface area contributed by atoms with Gasteiger partial charge in [0, 0.05) is 0 Å². The lowest BCUT2D eigenvalue weighted by molar-refractivity contribution is -0.147. The maximum atomic E-state index is 12.0. The van der Waals surface area contributed by atoms with Crippen molar-refractivity contribution >= 4 is 5.97 Å². The summed E-state index contributed by atoms with van der Waals surface area (Å²) < 4.78 is 5.50. The van der Waals surface area contributed by atoms with Gasteiger partial charge in [-0.3, -0.25) is 4.79 Å². The first-order valence-corrected chi connectivity index (χ1v) is 7.44. The molecule has 0 N–H and O–H groups in total. The molecule has 3 unspecified atom stereocenters. The minimum absolute atomic E-state index is 0.0174. The molecule has 2 aliphatic rings. The highest BCUT2D eigenvalue weighted by Crippen LogP contribution is 2.52. The minimum atomic E-state index is -0.509. The molecular formula is C18H24O2. The van der Waals surface area contributed by atoms with Crippen LogP contribution in [0.15, 0.2) is 23.8 Å². The molecule has 0 aromatic heterocycles. The first-order valence-electron chi connectivity index (χ1n) is 7.44. The molecule has 3 atom stereocenters. The van der Waals surface area contributed by atoms with Crippen LogP contribution in [0, 0.1) is 29.6 Å². The van der Waals surface area contributed by atoms with Gasteiger partial charge in [-0.2, -0.15) is 0 Å². The number of hydrogen-bond donors (Lipinski definition) is 0. The summed E-state index contributed by atoms with van der Waals surface area (Å²) in [6.07, 6.45) is 15.8. The zero-order chi connectivity index (χ0) is 14.8. The molecule has 2 heteroatoms. The van der Waals surface area contributed by atoms with Gasteiger partial charge < -0.3 is 4.74 Å². The molecule has 0 radical (unpaired) electrons. The van der Waals surface area contributed by atoms with Crippen LogP contribution in [0.2, 0.25) is 0 Å². The van der Waals surface area contributed by atoms with Gasteiger partial charge in [-0.25, -0.2) is 0 Å². The lowest BCUT2D eigenvalue weighted by atomic mass is 9.91. The summed E-state index contributed by atoms with van der Waals surface area (Å²) >= 11 is 0. The van der Waals surface area contributed by atoms with E-state index in [-0.39, 0.29) is 17.3 Å². The topological polar surface area (TPSA) is 26.3 Å². The third kappa shape index (κ3) is 3.54. The van der Waals surface area contributed by atoms with Gasteiger partial charge in [-0.15, -0.1) is 6.42 Å². The lowest BCUT2D eigenvalue weighted by Gasteiger charge is -2.18. The predicted octanol–water partition coefficient (Wildman–Crippen LogP) is 3.88. The minimum Gasteiger partial charge on any atom is -0.444 e. The Kier molecular flexibility index (Phi) is 4.38. The molecule has 1 saturated carbocycles. The molecule has 0 bridgehead atoms. The number of carbonyl (C=O) groups excluding carboxylic acids is 1. The van der Waals surface area contributed by atoms with E-state index in [9.17, 15) is 4.79 Å². The van der Waals surface area contributed by atoms with Crippen LogP contribution >= 0.6 is 0 Å². The zero-order valence-corrected chi connectivity index (χ0v) is 12.7. The Labute approximate surface area is 122 Å². The van der Waals surface area contributed by atoms with Crippen LogP contribution in [0.4, 0.5) is 0 Å². The quantitative estimate of drug-likeness (QED) is 0.441. The molecule has 0 aliphatic heterocycles. The number of rotatable bonds is 4. The average Bonchev–Trinajstić information content (AvgIpc) is 3.06. The summed E-state index contributed by atoms with van der Waals surface area (Å²) in [5.41, 5.74) is 1.07. The molecule has 2 aliphatic carbocycles. The Morgan fingerprint density at radius 3 is 2.70 bits per heavy atom. The molecule has 0 aromatic rings. The fraction of sp³-hybridized carbons (Fsp3) is 0.611. The van der Waals surface area contributed by atoms with E-state index in [1.165, 1.54) is 0 Å². The largest absolute Gasteiger partial charge is 0.444 e. The second-order valence-corrected chi connectivity index (χ2v) is 6.68. The van der Waals surface area contributed by atoms with E-state index in [4.69, 9.17) is 11.2 Å². The Bertz CT molecular complexity index is 476. The Balaban J connectivity index is 1.94. The van der Waals surface area contributed by atoms with E-state index < -0.39 is 6.10 Å². The monoisotopic (exact) mass is 272 g/mol. The standard InChI is InChI=1S/C18H24O2/c1-5-16(20-17(19)15-12-18(15,3)4)13(2)11-14-9-7-6-8-10-14/h1,6-7,11,14-16H,8-10,12H2,2-4H3. The van der Waals surface area contributed by atoms with Crippen molar-refractivity contribution in [2.75, 3.05) is 0 Å². The molecule has 1 fully saturated rings. The van der Waals surface area contributed by atoms with E-state index in [1.807, 2.05) is 6.92 Å². The normalized spacial score (nSPS) is 29.4. The van der Waals surface area contributed by atoms with E-state index in [0.29, 0.717) is 5.92 Å². The molecular weight excluding hydrogens is 248 g/mol. The van der Waals surface area contributed by atoms with Crippen molar-refractivity contribution in [3.63, 3.8) is 0 Å². The van der Waals surface area contributed by atoms with Crippen LogP contribution in [0.1, 0.15) is 46.5 Å². The Hall–Kier alpha value is -1.49. The van der Waals surface area contributed by atoms with Crippen molar-refractivity contribution in [2.24, 2.45) is 17.3 Å². The molecule has 20 heavy (non-hydrogen) atoms. The van der Waals surface area contributed by atoms with Crippen molar-refractivity contribution in [3.8, 4) is 12.3 Å². The van der Waals surface area contributed by atoms with Crippen LogP contribution in [-0.2, 0) is 9.53 Å². The van der Waals surface area contributed by atoms with E-state index in [2.05, 4.69) is 38.0 Å². The van der Waals surface area contributed by atoms with Crippen molar-refractivity contribution in [1.82, 2.24) is 0 Å². The van der Waals surface area contributed by atoms with Crippen LogP contribution in [0.3, 0.4) is 0 Å². The average molecular weight is 272 g/mol. The summed E-state index contributed by atoms with van der Waals surface area (Å²) in [6, 6.07) is 0. The number of hydrogen-bond acceptors (Lipinski definition) is 2. The smallest absolute Gasteiger partial charge is 0.311 e. The molecule has 0 saturated heterocycles. The fourth-order valence-corrected chi connectivity index (χ4v) is 2.75. The van der Waals surface area contributed by atoms with Gasteiger partial charge in [0.05, 0.1) is 5.92 Å². The molecule has 108 valence electrons. The number of esters is 1.